The Labute approximate surface area is 151 Å². The van der Waals surface area contributed by atoms with E-state index in [0.717, 1.165) is 13.3 Å². The molecule has 0 radical (unpaired) electrons. The number of hydrogen-bond donors (Lipinski definition) is 1. The standard InChI is InChI=1S/C18H19F5O4/c1-7(24)27-15-11-5-10(13-8-2-3-9(4-8)14(11)13)12(15)6-26-17(25,16(15,19)20)18(21,22)23/h2-3,8-14,25H,4-6H2,1H3. The summed E-state index contributed by atoms with van der Waals surface area (Å²) < 4.78 is 80.8. The van der Waals surface area contributed by atoms with E-state index < -0.39 is 47.9 Å². The molecule has 0 amide bonds. The Morgan fingerprint density at radius 3 is 2.37 bits per heavy atom. The highest BCUT2D eigenvalue weighted by Crippen LogP contribution is 2.75. The molecule has 1 saturated heterocycles. The van der Waals surface area contributed by atoms with Gasteiger partial charge < -0.3 is 14.6 Å². The molecule has 0 spiro atoms. The van der Waals surface area contributed by atoms with Crippen LogP contribution in [-0.2, 0) is 14.3 Å². The summed E-state index contributed by atoms with van der Waals surface area (Å²) in [5.41, 5.74) is -2.70. The molecule has 1 aliphatic heterocycles. The molecule has 0 aromatic rings. The average Bonchev–Trinajstić information content (AvgIpc) is 3.27. The van der Waals surface area contributed by atoms with Gasteiger partial charge in [0, 0.05) is 18.8 Å². The number of carbonyl (C=O) groups is 1. The minimum atomic E-state index is -5.73. The SMILES string of the molecule is CC(=O)OC12C(COC(O)(C(F)(F)F)C1(F)F)C1CC2C2C3C=CC(C3)C12. The van der Waals surface area contributed by atoms with Crippen LogP contribution in [0.15, 0.2) is 12.2 Å². The van der Waals surface area contributed by atoms with Gasteiger partial charge in [-0.2, -0.15) is 22.0 Å². The monoisotopic (exact) mass is 394 g/mol. The Bertz CT molecular complexity index is 736. The highest BCUT2D eigenvalue weighted by Gasteiger charge is 2.89. The summed E-state index contributed by atoms with van der Waals surface area (Å²) in [4.78, 5) is 11.8. The van der Waals surface area contributed by atoms with Crippen molar-refractivity contribution in [1.82, 2.24) is 0 Å². The lowest BCUT2D eigenvalue weighted by molar-refractivity contribution is -0.486. The predicted molar refractivity (Wildman–Crippen MR) is 79.2 cm³/mol. The summed E-state index contributed by atoms with van der Waals surface area (Å²) in [5, 5.41) is 9.96. The molecule has 1 heterocycles. The first-order valence-electron chi connectivity index (χ1n) is 9.14. The van der Waals surface area contributed by atoms with E-state index in [2.05, 4.69) is 10.8 Å². The quantitative estimate of drug-likeness (QED) is 0.322. The van der Waals surface area contributed by atoms with Gasteiger partial charge in [0.25, 0.3) is 0 Å². The van der Waals surface area contributed by atoms with Crippen molar-refractivity contribution in [2.24, 2.45) is 41.4 Å². The van der Waals surface area contributed by atoms with Gasteiger partial charge in [-0.05, 0) is 42.4 Å². The largest absolute Gasteiger partial charge is 0.452 e. The Morgan fingerprint density at radius 1 is 1.15 bits per heavy atom. The molecule has 27 heavy (non-hydrogen) atoms. The highest BCUT2D eigenvalue weighted by molar-refractivity contribution is 5.67. The van der Waals surface area contributed by atoms with Gasteiger partial charge in [-0.3, -0.25) is 4.79 Å². The van der Waals surface area contributed by atoms with Crippen LogP contribution in [0, 0.1) is 41.4 Å². The van der Waals surface area contributed by atoms with Crippen molar-refractivity contribution >= 4 is 5.97 Å². The first-order chi connectivity index (χ1) is 12.5. The van der Waals surface area contributed by atoms with E-state index in [4.69, 9.17) is 4.74 Å². The van der Waals surface area contributed by atoms with Crippen LogP contribution in [0.25, 0.3) is 0 Å². The van der Waals surface area contributed by atoms with Crippen LogP contribution >= 0.6 is 0 Å². The molecule has 0 aromatic carbocycles. The van der Waals surface area contributed by atoms with E-state index in [1.807, 2.05) is 6.08 Å². The van der Waals surface area contributed by atoms with E-state index in [9.17, 15) is 23.1 Å². The van der Waals surface area contributed by atoms with E-state index in [1.165, 1.54) is 0 Å². The molecule has 4 nitrogen and oxygen atoms in total. The number of rotatable bonds is 1. The van der Waals surface area contributed by atoms with Crippen molar-refractivity contribution in [1.29, 1.82) is 0 Å². The minimum Gasteiger partial charge on any atom is -0.452 e. The molecule has 4 aliphatic carbocycles. The van der Waals surface area contributed by atoms with Crippen molar-refractivity contribution in [2.45, 2.75) is 43.3 Å². The predicted octanol–water partition coefficient (Wildman–Crippen LogP) is 2.91. The fraction of sp³-hybridized carbons (Fsp3) is 0.833. The van der Waals surface area contributed by atoms with Gasteiger partial charge in [0.05, 0.1) is 6.61 Å². The van der Waals surface area contributed by atoms with Crippen LogP contribution in [-0.4, -0.2) is 41.2 Å². The van der Waals surface area contributed by atoms with Gasteiger partial charge in [-0.25, -0.2) is 0 Å². The van der Waals surface area contributed by atoms with Crippen molar-refractivity contribution in [3.05, 3.63) is 12.2 Å². The van der Waals surface area contributed by atoms with Gasteiger partial charge in [-0.15, -0.1) is 0 Å². The molecule has 4 fully saturated rings. The zero-order valence-corrected chi connectivity index (χ0v) is 14.4. The molecule has 5 aliphatic rings. The number of aliphatic hydroxyl groups is 1. The summed E-state index contributed by atoms with van der Waals surface area (Å²) >= 11 is 0. The van der Waals surface area contributed by atoms with E-state index in [0.29, 0.717) is 0 Å². The smallest absolute Gasteiger partial charge is 0.449 e. The first-order valence-corrected chi connectivity index (χ1v) is 9.14. The molecule has 0 aromatic heterocycles. The lowest BCUT2D eigenvalue weighted by Crippen LogP contribution is -2.78. The second kappa shape index (κ2) is 4.84. The molecular formula is C18H19F5O4. The summed E-state index contributed by atoms with van der Waals surface area (Å²) in [5.74, 6) is -12.8. The number of hydrogen-bond acceptors (Lipinski definition) is 4. The van der Waals surface area contributed by atoms with Crippen LogP contribution < -0.4 is 0 Å². The Kier molecular flexibility index (Phi) is 3.20. The van der Waals surface area contributed by atoms with Crippen LogP contribution in [0.3, 0.4) is 0 Å². The van der Waals surface area contributed by atoms with Gasteiger partial charge in [-0.1, -0.05) is 12.2 Å². The van der Waals surface area contributed by atoms with Gasteiger partial charge in [0.1, 0.15) is 0 Å². The van der Waals surface area contributed by atoms with E-state index in [1.54, 1.807) is 0 Å². The number of carbonyl (C=O) groups excluding carboxylic acids is 1. The van der Waals surface area contributed by atoms with Crippen molar-refractivity contribution in [3.63, 3.8) is 0 Å². The Morgan fingerprint density at radius 2 is 1.78 bits per heavy atom. The minimum absolute atomic E-state index is 0.000933. The maximum absolute atomic E-state index is 15.5. The number of ether oxygens (including phenoxy) is 2. The van der Waals surface area contributed by atoms with Gasteiger partial charge >= 0.3 is 23.9 Å². The van der Waals surface area contributed by atoms with Crippen LogP contribution in [0.4, 0.5) is 22.0 Å². The number of halogens is 5. The van der Waals surface area contributed by atoms with Crippen molar-refractivity contribution < 1.29 is 41.3 Å². The first kappa shape index (κ1) is 17.8. The molecule has 5 rings (SSSR count). The molecule has 9 heteroatoms. The van der Waals surface area contributed by atoms with Crippen LogP contribution in [0.1, 0.15) is 19.8 Å². The molecule has 4 bridgehead atoms. The van der Waals surface area contributed by atoms with Crippen molar-refractivity contribution in [2.75, 3.05) is 6.61 Å². The Balaban J connectivity index is 1.67. The lowest BCUT2D eigenvalue weighted by Gasteiger charge is -2.58. The highest BCUT2D eigenvalue weighted by atomic mass is 19.4. The molecule has 3 saturated carbocycles. The molecule has 150 valence electrons. The maximum Gasteiger partial charge on any atom is 0.449 e. The second-order valence-electron chi connectivity index (χ2n) is 8.63. The zero-order valence-electron chi connectivity index (χ0n) is 14.4. The van der Waals surface area contributed by atoms with Crippen molar-refractivity contribution in [3.8, 4) is 0 Å². The lowest BCUT2D eigenvalue weighted by atomic mass is 9.58. The summed E-state index contributed by atoms with van der Waals surface area (Å²) in [6.45, 7) is 0.193. The zero-order chi connectivity index (χ0) is 19.6. The third-order valence-electron chi connectivity index (χ3n) is 7.77. The number of fused-ring (bicyclic) bond motifs is 12. The second-order valence-corrected chi connectivity index (χ2v) is 8.63. The molecular weight excluding hydrogens is 375 g/mol. The normalized spacial score (nSPS) is 54.1. The van der Waals surface area contributed by atoms with Crippen LogP contribution in [0.5, 0.6) is 0 Å². The van der Waals surface area contributed by atoms with E-state index in [-0.39, 0.29) is 36.0 Å². The molecule has 9 atom stereocenters. The molecule has 9 unspecified atom stereocenters. The van der Waals surface area contributed by atoms with Gasteiger partial charge in [0.2, 0.25) is 0 Å². The fourth-order valence-corrected chi connectivity index (χ4v) is 7.15. The average molecular weight is 394 g/mol. The number of esters is 1. The molecule has 1 N–H and O–H groups in total. The number of allylic oxidation sites excluding steroid dienone is 2. The van der Waals surface area contributed by atoms with E-state index >= 15 is 8.78 Å². The Hall–Kier alpha value is -1.22. The summed E-state index contributed by atoms with van der Waals surface area (Å²) in [6, 6.07) is 0. The summed E-state index contributed by atoms with van der Waals surface area (Å²) in [6.07, 6.45) is -0.676. The van der Waals surface area contributed by atoms with Crippen LogP contribution in [0.2, 0.25) is 0 Å². The fourth-order valence-electron chi connectivity index (χ4n) is 7.15. The summed E-state index contributed by atoms with van der Waals surface area (Å²) in [7, 11) is 0. The third-order valence-corrected chi connectivity index (χ3v) is 7.77. The topological polar surface area (TPSA) is 55.8 Å². The number of alkyl halides is 5. The maximum atomic E-state index is 15.5. The third kappa shape index (κ3) is 1.75. The van der Waals surface area contributed by atoms with Gasteiger partial charge in [0.15, 0.2) is 5.60 Å².